The van der Waals surface area contributed by atoms with Crippen LogP contribution in [-0.4, -0.2) is 51.1 Å². The van der Waals surface area contributed by atoms with Gasteiger partial charge in [0, 0.05) is 17.9 Å². The molecular formula is C20H30N2O3. The van der Waals surface area contributed by atoms with Crippen LogP contribution in [0.2, 0.25) is 0 Å². The minimum absolute atomic E-state index is 0.165. The number of methoxy groups -OCH3 is 2. The molecule has 5 nitrogen and oxygen atoms in total. The molecule has 0 aromatic heterocycles. The van der Waals surface area contributed by atoms with Gasteiger partial charge in [0.15, 0.2) is 11.5 Å². The van der Waals surface area contributed by atoms with E-state index in [1.165, 1.54) is 17.7 Å². The van der Waals surface area contributed by atoms with E-state index in [9.17, 15) is 0 Å². The molecule has 1 heterocycles. The molecule has 1 aliphatic heterocycles. The second-order valence-corrected chi connectivity index (χ2v) is 7.17. The highest BCUT2D eigenvalue weighted by molar-refractivity contribution is 5.86. The van der Waals surface area contributed by atoms with Crippen molar-refractivity contribution in [2.45, 2.75) is 50.5 Å². The second-order valence-electron chi connectivity index (χ2n) is 7.17. The van der Waals surface area contributed by atoms with E-state index in [0.717, 1.165) is 43.7 Å². The first-order valence-corrected chi connectivity index (χ1v) is 9.25. The Labute approximate surface area is 150 Å². The summed E-state index contributed by atoms with van der Waals surface area (Å²) in [5, 5.41) is 4.40. The molecule has 1 saturated heterocycles. The SMILES string of the molecule is CCCO/N=C1\CCC2(c3ccc(OC)c(OC)c3)CCN(C)C2C1. The van der Waals surface area contributed by atoms with Crippen molar-refractivity contribution >= 4 is 5.71 Å². The van der Waals surface area contributed by atoms with Crippen molar-refractivity contribution in [2.75, 3.05) is 34.4 Å². The van der Waals surface area contributed by atoms with Gasteiger partial charge in [-0.25, -0.2) is 0 Å². The quantitative estimate of drug-likeness (QED) is 0.583. The fourth-order valence-corrected chi connectivity index (χ4v) is 4.39. The van der Waals surface area contributed by atoms with E-state index >= 15 is 0 Å². The normalized spacial score (nSPS) is 28.0. The Bertz CT molecular complexity index is 631. The molecule has 1 aliphatic carbocycles. The predicted molar refractivity (Wildman–Crippen MR) is 99.8 cm³/mol. The van der Waals surface area contributed by atoms with Gasteiger partial charge in [0.2, 0.25) is 0 Å². The van der Waals surface area contributed by atoms with Crippen LogP contribution in [0.25, 0.3) is 0 Å². The van der Waals surface area contributed by atoms with Crippen LogP contribution in [0.4, 0.5) is 0 Å². The molecule has 138 valence electrons. The van der Waals surface area contributed by atoms with Crippen molar-refractivity contribution < 1.29 is 14.3 Å². The smallest absolute Gasteiger partial charge is 0.161 e. The van der Waals surface area contributed by atoms with Gasteiger partial charge >= 0.3 is 0 Å². The number of rotatable bonds is 6. The minimum atomic E-state index is 0.165. The van der Waals surface area contributed by atoms with Crippen molar-refractivity contribution in [1.82, 2.24) is 4.90 Å². The van der Waals surface area contributed by atoms with Gasteiger partial charge in [0.1, 0.15) is 6.61 Å². The Balaban J connectivity index is 1.88. The van der Waals surface area contributed by atoms with Gasteiger partial charge in [0.25, 0.3) is 0 Å². The summed E-state index contributed by atoms with van der Waals surface area (Å²) in [6.45, 7) is 3.92. The molecule has 0 N–H and O–H groups in total. The highest BCUT2D eigenvalue weighted by atomic mass is 16.6. The number of likely N-dealkylation sites (N-methyl/N-ethyl adjacent to an activating group) is 1. The molecule has 0 bridgehead atoms. The van der Waals surface area contributed by atoms with Gasteiger partial charge in [-0.05, 0) is 57.0 Å². The Kier molecular flexibility index (Phi) is 5.52. The van der Waals surface area contributed by atoms with Crippen LogP contribution in [0.1, 0.15) is 44.6 Å². The monoisotopic (exact) mass is 346 g/mol. The lowest BCUT2D eigenvalue weighted by Crippen LogP contribution is -2.46. The highest BCUT2D eigenvalue weighted by Crippen LogP contribution is 2.49. The molecule has 0 amide bonds. The van der Waals surface area contributed by atoms with Gasteiger partial charge in [-0.1, -0.05) is 18.1 Å². The summed E-state index contributed by atoms with van der Waals surface area (Å²) in [6.07, 6.45) is 5.26. The molecule has 0 spiro atoms. The van der Waals surface area contributed by atoms with Crippen molar-refractivity contribution in [3.63, 3.8) is 0 Å². The third-order valence-electron chi connectivity index (χ3n) is 5.82. The summed E-state index contributed by atoms with van der Waals surface area (Å²) >= 11 is 0. The van der Waals surface area contributed by atoms with Gasteiger partial charge < -0.3 is 19.2 Å². The van der Waals surface area contributed by atoms with Gasteiger partial charge in [-0.15, -0.1) is 0 Å². The number of ether oxygens (including phenoxy) is 2. The van der Waals surface area contributed by atoms with Crippen molar-refractivity contribution in [3.05, 3.63) is 23.8 Å². The molecule has 25 heavy (non-hydrogen) atoms. The second kappa shape index (κ2) is 7.65. The summed E-state index contributed by atoms with van der Waals surface area (Å²) in [5.41, 5.74) is 2.72. The number of hydrogen-bond acceptors (Lipinski definition) is 5. The lowest BCUT2D eigenvalue weighted by molar-refractivity contribution is 0.139. The summed E-state index contributed by atoms with van der Waals surface area (Å²) in [5.74, 6) is 1.60. The maximum absolute atomic E-state index is 5.54. The lowest BCUT2D eigenvalue weighted by atomic mass is 9.65. The van der Waals surface area contributed by atoms with E-state index in [-0.39, 0.29) is 5.41 Å². The van der Waals surface area contributed by atoms with E-state index in [1.54, 1.807) is 14.2 Å². The van der Waals surface area contributed by atoms with E-state index < -0.39 is 0 Å². The Morgan fingerprint density at radius 1 is 1.20 bits per heavy atom. The molecule has 5 heteroatoms. The highest BCUT2D eigenvalue weighted by Gasteiger charge is 2.50. The van der Waals surface area contributed by atoms with E-state index in [4.69, 9.17) is 14.3 Å². The zero-order valence-electron chi connectivity index (χ0n) is 15.9. The van der Waals surface area contributed by atoms with Gasteiger partial charge in [-0.2, -0.15) is 0 Å². The van der Waals surface area contributed by atoms with Crippen LogP contribution in [0.15, 0.2) is 23.4 Å². The first kappa shape index (κ1) is 18.1. The zero-order valence-corrected chi connectivity index (χ0v) is 15.9. The zero-order chi connectivity index (χ0) is 17.9. The topological polar surface area (TPSA) is 43.3 Å². The van der Waals surface area contributed by atoms with E-state index in [0.29, 0.717) is 12.6 Å². The van der Waals surface area contributed by atoms with Crippen LogP contribution in [0.5, 0.6) is 11.5 Å². The average Bonchev–Trinajstić information content (AvgIpc) is 2.99. The van der Waals surface area contributed by atoms with Crippen LogP contribution in [0, 0.1) is 0 Å². The molecule has 2 atom stereocenters. The van der Waals surface area contributed by atoms with Gasteiger partial charge in [0.05, 0.1) is 19.9 Å². The first-order valence-electron chi connectivity index (χ1n) is 9.25. The van der Waals surface area contributed by atoms with Crippen molar-refractivity contribution in [1.29, 1.82) is 0 Å². The van der Waals surface area contributed by atoms with Crippen LogP contribution < -0.4 is 9.47 Å². The number of fused-ring (bicyclic) bond motifs is 1. The Morgan fingerprint density at radius 2 is 2.00 bits per heavy atom. The molecule has 2 fully saturated rings. The number of oxime groups is 1. The number of likely N-dealkylation sites (tertiary alicyclic amines) is 1. The molecule has 2 unspecified atom stereocenters. The Morgan fingerprint density at radius 3 is 2.72 bits per heavy atom. The molecule has 2 aliphatic rings. The molecular weight excluding hydrogens is 316 g/mol. The van der Waals surface area contributed by atoms with Crippen LogP contribution >= 0.6 is 0 Å². The van der Waals surface area contributed by atoms with E-state index in [2.05, 4.69) is 36.2 Å². The van der Waals surface area contributed by atoms with Crippen molar-refractivity contribution in [3.8, 4) is 11.5 Å². The molecule has 0 radical (unpaired) electrons. The van der Waals surface area contributed by atoms with Crippen molar-refractivity contribution in [2.24, 2.45) is 5.16 Å². The van der Waals surface area contributed by atoms with E-state index in [1.807, 2.05) is 6.07 Å². The number of nitrogens with zero attached hydrogens (tertiary/aromatic N) is 2. The van der Waals surface area contributed by atoms with Gasteiger partial charge in [-0.3, -0.25) is 0 Å². The standard InChI is InChI=1S/C20H30N2O3/c1-5-12-25-21-16-8-9-20(10-11-22(2)19(20)14-16)15-6-7-17(23-3)18(13-15)24-4/h6-7,13,19H,5,8-12,14H2,1-4H3/b21-16+. The lowest BCUT2D eigenvalue weighted by Gasteiger charge is -2.42. The predicted octanol–water partition coefficient (Wildman–Crippen LogP) is 3.61. The van der Waals surface area contributed by atoms with Crippen LogP contribution in [-0.2, 0) is 10.3 Å². The third kappa shape index (κ3) is 3.34. The summed E-state index contributed by atoms with van der Waals surface area (Å²) in [7, 11) is 5.61. The summed E-state index contributed by atoms with van der Waals surface area (Å²) in [6, 6.07) is 6.87. The Hall–Kier alpha value is -1.75. The fourth-order valence-electron chi connectivity index (χ4n) is 4.39. The number of hydrogen-bond donors (Lipinski definition) is 0. The summed E-state index contributed by atoms with van der Waals surface area (Å²) in [4.78, 5) is 7.92. The first-order chi connectivity index (χ1) is 12.1. The molecule has 1 aromatic carbocycles. The third-order valence-corrected chi connectivity index (χ3v) is 5.82. The molecule has 1 aromatic rings. The molecule has 3 rings (SSSR count). The van der Waals surface area contributed by atoms with Crippen LogP contribution in [0.3, 0.4) is 0 Å². The minimum Gasteiger partial charge on any atom is -0.493 e. The fraction of sp³-hybridized carbons (Fsp3) is 0.650. The summed E-state index contributed by atoms with van der Waals surface area (Å²) < 4.78 is 11.0. The average molecular weight is 346 g/mol. The maximum Gasteiger partial charge on any atom is 0.161 e. The molecule has 1 saturated carbocycles. The maximum atomic E-state index is 5.54. The number of benzene rings is 1. The largest absolute Gasteiger partial charge is 0.493 e.